The van der Waals surface area contributed by atoms with E-state index in [4.69, 9.17) is 4.74 Å². The summed E-state index contributed by atoms with van der Waals surface area (Å²) < 4.78 is 8.02. The van der Waals surface area contributed by atoms with Gasteiger partial charge in [-0.05, 0) is 79.3 Å². The molecule has 2 aliphatic rings. The maximum absolute atomic E-state index is 13.1. The van der Waals surface area contributed by atoms with Crippen LogP contribution in [-0.4, -0.2) is 51.8 Å². The summed E-state index contributed by atoms with van der Waals surface area (Å²) in [7, 11) is 0. The number of hydrogen-bond donors (Lipinski definition) is 1. The number of hydrogen-bond acceptors (Lipinski definition) is 6. The fourth-order valence-electron chi connectivity index (χ4n) is 5.79. The molecule has 0 aliphatic carbocycles. The first-order valence-electron chi connectivity index (χ1n) is 13.8. The van der Waals surface area contributed by atoms with Crippen molar-refractivity contribution in [3.63, 3.8) is 0 Å². The Kier molecular flexibility index (Phi) is 7.06. The van der Waals surface area contributed by atoms with E-state index >= 15 is 0 Å². The monoisotopic (exact) mass is 532 g/mol. The number of nitrogens with one attached hydrogen (secondary N) is 1. The van der Waals surface area contributed by atoms with Crippen LogP contribution in [-0.2, 0) is 18.4 Å². The van der Waals surface area contributed by atoms with E-state index in [0.717, 1.165) is 46.7 Å². The Bertz CT molecular complexity index is 1530. The minimum atomic E-state index is -0.565. The van der Waals surface area contributed by atoms with E-state index in [9.17, 15) is 10.1 Å². The van der Waals surface area contributed by atoms with E-state index in [-0.39, 0.29) is 5.91 Å². The Morgan fingerprint density at radius 1 is 1.10 bits per heavy atom. The molecule has 0 spiro atoms. The Balaban J connectivity index is 1.28. The maximum Gasteiger partial charge on any atom is 0.255 e. The number of aromatic nitrogens is 3. The lowest BCUT2D eigenvalue weighted by molar-refractivity contribution is 0.0957. The molecule has 0 radical (unpaired) electrons. The third-order valence-electron chi connectivity index (χ3n) is 8.21. The summed E-state index contributed by atoms with van der Waals surface area (Å²) in [5.41, 5.74) is 6.35. The molecule has 0 bridgehead atoms. The third kappa shape index (κ3) is 4.96. The molecule has 8 heteroatoms. The molecule has 1 saturated heterocycles. The van der Waals surface area contributed by atoms with Gasteiger partial charge in [0, 0.05) is 43.8 Å². The van der Waals surface area contributed by atoms with Crippen molar-refractivity contribution < 1.29 is 9.53 Å². The van der Waals surface area contributed by atoms with Crippen molar-refractivity contribution in [1.29, 1.82) is 5.26 Å². The molecule has 40 heavy (non-hydrogen) atoms. The first kappa shape index (κ1) is 25.8. The van der Waals surface area contributed by atoms with Gasteiger partial charge >= 0.3 is 0 Å². The molecule has 202 valence electrons. The van der Waals surface area contributed by atoms with Gasteiger partial charge in [-0.2, -0.15) is 10.4 Å². The molecule has 6 rings (SSSR count). The highest BCUT2D eigenvalue weighted by Crippen LogP contribution is 2.37. The zero-order valence-electron chi connectivity index (χ0n) is 22.6. The van der Waals surface area contributed by atoms with Gasteiger partial charge in [-0.15, -0.1) is 0 Å². The van der Waals surface area contributed by atoms with Gasteiger partial charge in [0.25, 0.3) is 5.91 Å². The largest absolute Gasteiger partial charge is 0.491 e. The SMILES string of the molecule is Cc1c(Cc2ccc(-n3cccn3)cc2)cc2c(c1CN1CCC(C#N)(c3ccccn3)CC1)OCCNC2=O. The average molecular weight is 533 g/mol. The molecule has 1 amide bonds. The molecule has 4 aromatic rings. The van der Waals surface area contributed by atoms with Gasteiger partial charge in [0.15, 0.2) is 0 Å². The smallest absolute Gasteiger partial charge is 0.255 e. The molecule has 4 heterocycles. The highest BCUT2D eigenvalue weighted by molar-refractivity contribution is 5.98. The van der Waals surface area contributed by atoms with Crippen molar-refractivity contribution in [2.24, 2.45) is 0 Å². The topological polar surface area (TPSA) is 96.1 Å². The van der Waals surface area contributed by atoms with Gasteiger partial charge in [-0.1, -0.05) is 18.2 Å². The Morgan fingerprint density at radius 3 is 2.62 bits per heavy atom. The lowest BCUT2D eigenvalue weighted by atomic mass is 9.76. The van der Waals surface area contributed by atoms with Crippen molar-refractivity contribution in [2.45, 2.75) is 38.1 Å². The van der Waals surface area contributed by atoms with Crippen LogP contribution < -0.4 is 10.1 Å². The number of nitrogens with zero attached hydrogens (tertiary/aromatic N) is 5. The highest BCUT2D eigenvalue weighted by Gasteiger charge is 2.38. The van der Waals surface area contributed by atoms with E-state index in [1.165, 1.54) is 0 Å². The number of benzene rings is 2. The lowest BCUT2D eigenvalue weighted by Crippen LogP contribution is -2.42. The number of rotatable bonds is 6. The second kappa shape index (κ2) is 10.9. The molecule has 2 aliphatic heterocycles. The molecule has 1 N–H and O–H groups in total. The molecule has 2 aromatic heterocycles. The van der Waals surface area contributed by atoms with Crippen molar-refractivity contribution >= 4 is 5.91 Å². The molecule has 1 fully saturated rings. The number of carbonyl (C=O) groups is 1. The molecule has 0 atom stereocenters. The summed E-state index contributed by atoms with van der Waals surface area (Å²) in [5, 5.41) is 17.4. The first-order valence-corrected chi connectivity index (χ1v) is 13.8. The van der Waals surface area contributed by atoms with E-state index in [1.54, 1.807) is 12.4 Å². The Labute approximate surface area is 234 Å². The summed E-state index contributed by atoms with van der Waals surface area (Å²) in [5.74, 6) is 0.591. The summed E-state index contributed by atoms with van der Waals surface area (Å²) in [4.78, 5) is 19.9. The van der Waals surface area contributed by atoms with Crippen LogP contribution in [0.2, 0.25) is 0 Å². The van der Waals surface area contributed by atoms with E-state index < -0.39 is 5.41 Å². The number of carbonyl (C=O) groups excluding carboxylic acids is 1. The maximum atomic E-state index is 13.1. The van der Waals surface area contributed by atoms with Crippen molar-refractivity contribution in [3.8, 4) is 17.5 Å². The number of ether oxygens (including phenoxy) is 1. The van der Waals surface area contributed by atoms with Crippen LogP contribution in [0, 0.1) is 18.3 Å². The van der Waals surface area contributed by atoms with Gasteiger partial charge in [0.1, 0.15) is 17.8 Å². The van der Waals surface area contributed by atoms with Crippen LogP contribution in [0.3, 0.4) is 0 Å². The number of piperidine rings is 1. The Hall–Kier alpha value is -4.48. The van der Waals surface area contributed by atoms with Gasteiger partial charge < -0.3 is 10.1 Å². The first-order chi connectivity index (χ1) is 19.6. The minimum Gasteiger partial charge on any atom is -0.491 e. The van der Waals surface area contributed by atoms with Crippen LogP contribution in [0.1, 0.15) is 51.1 Å². The summed E-state index contributed by atoms with van der Waals surface area (Å²) in [6.45, 7) is 5.25. The fourth-order valence-corrected chi connectivity index (χ4v) is 5.79. The van der Waals surface area contributed by atoms with E-state index in [0.29, 0.717) is 50.3 Å². The number of nitriles is 1. The second-order valence-electron chi connectivity index (χ2n) is 10.6. The lowest BCUT2D eigenvalue weighted by Gasteiger charge is -2.37. The highest BCUT2D eigenvalue weighted by atomic mass is 16.5. The number of likely N-dealkylation sites (tertiary alicyclic amines) is 1. The summed E-state index contributed by atoms with van der Waals surface area (Å²) in [6, 6.07) is 20.6. The van der Waals surface area contributed by atoms with E-state index in [1.807, 2.05) is 41.2 Å². The van der Waals surface area contributed by atoms with Crippen molar-refractivity contribution in [3.05, 3.63) is 107 Å². The predicted octanol–water partition coefficient (Wildman–Crippen LogP) is 4.35. The predicted molar refractivity (Wildman–Crippen MR) is 151 cm³/mol. The number of pyridine rings is 1. The zero-order valence-corrected chi connectivity index (χ0v) is 22.6. The standard InChI is InChI=1S/C32H32N6O2/c1-23-25(19-24-6-8-26(9-7-24)38-15-4-13-36-38)20-27-30(40-18-14-35-31(27)39)28(23)21-37-16-10-32(22-33,11-17-37)29-5-2-3-12-34-29/h2-9,12-13,15,20H,10-11,14,16-19,21H2,1H3,(H,35,39). The van der Waals surface area contributed by atoms with Crippen LogP contribution in [0.15, 0.2) is 73.2 Å². The average Bonchev–Trinajstić information content (AvgIpc) is 3.48. The van der Waals surface area contributed by atoms with E-state index in [2.05, 4.69) is 57.6 Å². The molecular weight excluding hydrogens is 500 g/mol. The Morgan fingerprint density at radius 2 is 1.93 bits per heavy atom. The molecule has 2 aromatic carbocycles. The van der Waals surface area contributed by atoms with Gasteiger partial charge in [0.05, 0.1) is 29.6 Å². The molecule has 0 unspecified atom stereocenters. The summed E-state index contributed by atoms with van der Waals surface area (Å²) in [6.07, 6.45) is 7.59. The number of amides is 1. The molecule has 8 nitrogen and oxygen atoms in total. The third-order valence-corrected chi connectivity index (χ3v) is 8.21. The van der Waals surface area contributed by atoms with Gasteiger partial charge in [-0.3, -0.25) is 14.7 Å². The quantitative estimate of drug-likeness (QED) is 0.397. The number of fused-ring (bicyclic) bond motifs is 1. The second-order valence-corrected chi connectivity index (χ2v) is 10.6. The normalized spacial score (nSPS) is 16.8. The van der Waals surface area contributed by atoms with Crippen LogP contribution >= 0.6 is 0 Å². The van der Waals surface area contributed by atoms with Crippen LogP contribution in [0.4, 0.5) is 0 Å². The van der Waals surface area contributed by atoms with Crippen LogP contribution in [0.25, 0.3) is 5.69 Å². The summed E-state index contributed by atoms with van der Waals surface area (Å²) >= 11 is 0. The van der Waals surface area contributed by atoms with Gasteiger partial charge in [-0.25, -0.2) is 4.68 Å². The van der Waals surface area contributed by atoms with Crippen LogP contribution in [0.5, 0.6) is 5.75 Å². The van der Waals surface area contributed by atoms with Crippen molar-refractivity contribution in [2.75, 3.05) is 26.2 Å². The fraction of sp³-hybridized carbons (Fsp3) is 0.312. The minimum absolute atomic E-state index is 0.0960. The molecular formula is C32H32N6O2. The van der Waals surface area contributed by atoms with Crippen molar-refractivity contribution in [1.82, 2.24) is 25.0 Å². The zero-order chi connectivity index (χ0) is 27.5. The molecule has 0 saturated carbocycles. The van der Waals surface area contributed by atoms with Gasteiger partial charge in [0.2, 0.25) is 0 Å².